The quantitative estimate of drug-likeness (QED) is 0.919. The molecule has 0 fully saturated rings. The highest BCUT2D eigenvalue weighted by Gasteiger charge is 2.09. The highest BCUT2D eigenvalue weighted by molar-refractivity contribution is 7.13. The lowest BCUT2D eigenvalue weighted by Gasteiger charge is -2.14. The van der Waals surface area contributed by atoms with Gasteiger partial charge in [-0.3, -0.25) is 9.59 Å². The second kappa shape index (κ2) is 7.17. The van der Waals surface area contributed by atoms with Gasteiger partial charge in [-0.1, -0.05) is 24.3 Å². The minimum absolute atomic E-state index is 0.0769. The van der Waals surface area contributed by atoms with Crippen LogP contribution < -0.4 is 5.32 Å². The van der Waals surface area contributed by atoms with Crippen molar-refractivity contribution >= 4 is 23.2 Å². The van der Waals surface area contributed by atoms with Crippen LogP contribution in [0.25, 0.3) is 10.4 Å². The van der Waals surface area contributed by atoms with Gasteiger partial charge in [0.2, 0.25) is 11.8 Å². The maximum atomic E-state index is 11.7. The van der Waals surface area contributed by atoms with Gasteiger partial charge in [-0.05, 0) is 18.1 Å². The van der Waals surface area contributed by atoms with Crippen LogP contribution in [0.5, 0.6) is 0 Å². The summed E-state index contributed by atoms with van der Waals surface area (Å²) >= 11 is 1.62. The van der Waals surface area contributed by atoms with Crippen molar-refractivity contribution in [3.05, 3.63) is 41.0 Å². The summed E-state index contributed by atoms with van der Waals surface area (Å²) in [6.07, 6.45) is 0. The SMILES string of the molecule is CC(=O)N(C)CC(=O)NCc1ccc(-c2scnc2C)cc1. The zero-order chi connectivity index (χ0) is 16.1. The van der Waals surface area contributed by atoms with Crippen molar-refractivity contribution in [2.24, 2.45) is 0 Å². The Bertz CT molecular complexity index is 664. The van der Waals surface area contributed by atoms with E-state index in [-0.39, 0.29) is 18.4 Å². The Morgan fingerprint density at radius 2 is 1.95 bits per heavy atom. The highest BCUT2D eigenvalue weighted by Crippen LogP contribution is 2.27. The molecule has 2 amide bonds. The molecule has 0 saturated carbocycles. The van der Waals surface area contributed by atoms with Crippen molar-refractivity contribution in [2.75, 3.05) is 13.6 Å². The van der Waals surface area contributed by atoms with Crippen LogP contribution >= 0.6 is 11.3 Å². The first-order valence-corrected chi connectivity index (χ1v) is 7.83. The number of benzene rings is 1. The molecule has 0 unspecified atom stereocenters. The third kappa shape index (κ3) is 4.14. The lowest BCUT2D eigenvalue weighted by Crippen LogP contribution is -2.36. The normalized spacial score (nSPS) is 10.3. The molecule has 0 aliphatic carbocycles. The largest absolute Gasteiger partial charge is 0.350 e. The predicted octanol–water partition coefficient (Wildman–Crippen LogP) is 2.21. The Morgan fingerprint density at radius 3 is 2.50 bits per heavy atom. The molecular weight excluding hydrogens is 298 g/mol. The van der Waals surface area contributed by atoms with E-state index >= 15 is 0 Å². The maximum Gasteiger partial charge on any atom is 0.239 e. The van der Waals surface area contributed by atoms with E-state index in [1.807, 2.05) is 36.7 Å². The number of thiazole rings is 1. The van der Waals surface area contributed by atoms with E-state index in [1.165, 1.54) is 16.7 Å². The number of carbonyl (C=O) groups excluding carboxylic acids is 2. The zero-order valence-electron chi connectivity index (χ0n) is 12.9. The minimum Gasteiger partial charge on any atom is -0.350 e. The number of nitrogens with one attached hydrogen (secondary N) is 1. The molecule has 0 bridgehead atoms. The summed E-state index contributed by atoms with van der Waals surface area (Å²) in [5, 5.41) is 2.81. The van der Waals surface area contributed by atoms with E-state index in [9.17, 15) is 9.59 Å². The molecule has 0 aliphatic heterocycles. The van der Waals surface area contributed by atoms with Gasteiger partial charge in [-0.15, -0.1) is 11.3 Å². The average molecular weight is 317 g/mol. The summed E-state index contributed by atoms with van der Waals surface area (Å²) in [4.78, 5) is 29.6. The second-order valence-corrected chi connectivity index (χ2v) is 5.97. The molecular formula is C16H19N3O2S. The van der Waals surface area contributed by atoms with E-state index < -0.39 is 0 Å². The smallest absolute Gasteiger partial charge is 0.239 e. The van der Waals surface area contributed by atoms with Crippen LogP contribution in [0, 0.1) is 6.92 Å². The molecule has 1 aromatic carbocycles. The van der Waals surface area contributed by atoms with Gasteiger partial charge in [0.05, 0.1) is 22.6 Å². The molecule has 5 nitrogen and oxygen atoms in total. The molecule has 1 aromatic heterocycles. The number of hydrogen-bond donors (Lipinski definition) is 1. The van der Waals surface area contributed by atoms with E-state index in [0.29, 0.717) is 6.54 Å². The van der Waals surface area contributed by atoms with Crippen molar-refractivity contribution in [3.63, 3.8) is 0 Å². The second-order valence-electron chi connectivity index (χ2n) is 5.12. The van der Waals surface area contributed by atoms with Crippen molar-refractivity contribution in [3.8, 4) is 10.4 Å². The molecule has 116 valence electrons. The van der Waals surface area contributed by atoms with Crippen molar-refractivity contribution in [2.45, 2.75) is 20.4 Å². The molecule has 6 heteroatoms. The first-order chi connectivity index (χ1) is 10.5. The molecule has 0 saturated heterocycles. The third-order valence-electron chi connectivity index (χ3n) is 3.37. The standard InChI is InChI=1S/C16H19N3O2S/c1-11-16(22-10-18-11)14-6-4-13(5-7-14)8-17-15(21)9-19(3)12(2)20/h4-7,10H,8-9H2,1-3H3,(H,17,21). The molecule has 0 atom stereocenters. The van der Waals surface area contributed by atoms with Gasteiger partial charge < -0.3 is 10.2 Å². The first kappa shape index (κ1) is 16.2. The van der Waals surface area contributed by atoms with Crippen LogP contribution in [-0.2, 0) is 16.1 Å². The van der Waals surface area contributed by atoms with Crippen LogP contribution in [0.15, 0.2) is 29.8 Å². The number of rotatable bonds is 5. The van der Waals surface area contributed by atoms with Crippen LogP contribution in [-0.4, -0.2) is 35.3 Å². The number of amides is 2. The summed E-state index contributed by atoms with van der Waals surface area (Å²) in [6, 6.07) is 8.04. The van der Waals surface area contributed by atoms with Crippen LogP contribution in [0.1, 0.15) is 18.2 Å². The Morgan fingerprint density at radius 1 is 1.27 bits per heavy atom. The summed E-state index contributed by atoms with van der Waals surface area (Å²) in [6.45, 7) is 3.96. The van der Waals surface area contributed by atoms with E-state index in [0.717, 1.165) is 16.8 Å². The summed E-state index contributed by atoms with van der Waals surface area (Å²) in [7, 11) is 1.61. The Labute approximate surface area is 134 Å². The number of carbonyl (C=O) groups is 2. The average Bonchev–Trinajstić information content (AvgIpc) is 2.91. The van der Waals surface area contributed by atoms with Crippen molar-refractivity contribution < 1.29 is 9.59 Å². The van der Waals surface area contributed by atoms with E-state index in [2.05, 4.69) is 10.3 Å². The Balaban J connectivity index is 1.91. The number of aryl methyl sites for hydroxylation is 1. The molecule has 0 spiro atoms. The number of hydrogen-bond acceptors (Lipinski definition) is 4. The number of likely N-dealkylation sites (N-methyl/N-ethyl adjacent to an activating group) is 1. The van der Waals surface area contributed by atoms with Gasteiger partial charge >= 0.3 is 0 Å². The van der Waals surface area contributed by atoms with Gasteiger partial charge in [0.15, 0.2) is 0 Å². The third-order valence-corrected chi connectivity index (χ3v) is 4.35. The van der Waals surface area contributed by atoms with Crippen molar-refractivity contribution in [1.29, 1.82) is 0 Å². The van der Waals surface area contributed by atoms with Gasteiger partial charge in [-0.2, -0.15) is 0 Å². The van der Waals surface area contributed by atoms with Gasteiger partial charge in [-0.25, -0.2) is 4.98 Å². The lowest BCUT2D eigenvalue weighted by molar-refractivity contribution is -0.133. The number of aromatic nitrogens is 1. The zero-order valence-corrected chi connectivity index (χ0v) is 13.7. The molecule has 2 rings (SSSR count). The fourth-order valence-corrected chi connectivity index (χ4v) is 2.75. The molecule has 22 heavy (non-hydrogen) atoms. The van der Waals surface area contributed by atoms with E-state index in [1.54, 1.807) is 18.4 Å². The van der Waals surface area contributed by atoms with Crippen LogP contribution in [0.4, 0.5) is 0 Å². The Kier molecular flexibility index (Phi) is 5.27. The van der Waals surface area contributed by atoms with E-state index in [4.69, 9.17) is 0 Å². The monoisotopic (exact) mass is 317 g/mol. The summed E-state index contributed by atoms with van der Waals surface area (Å²) < 4.78 is 0. The molecule has 2 aromatic rings. The predicted molar refractivity (Wildman–Crippen MR) is 87.4 cm³/mol. The van der Waals surface area contributed by atoms with Crippen molar-refractivity contribution in [1.82, 2.24) is 15.2 Å². The van der Waals surface area contributed by atoms with Gasteiger partial charge in [0.25, 0.3) is 0 Å². The minimum atomic E-state index is -0.167. The summed E-state index contributed by atoms with van der Waals surface area (Å²) in [5.74, 6) is -0.292. The maximum absolute atomic E-state index is 11.7. The Hall–Kier alpha value is -2.21. The number of nitrogens with zero attached hydrogens (tertiary/aromatic N) is 2. The molecule has 0 aliphatic rings. The first-order valence-electron chi connectivity index (χ1n) is 6.95. The fourth-order valence-electron chi connectivity index (χ4n) is 1.94. The molecule has 0 radical (unpaired) electrons. The van der Waals surface area contributed by atoms with Crippen LogP contribution in [0.3, 0.4) is 0 Å². The van der Waals surface area contributed by atoms with Gasteiger partial charge in [0.1, 0.15) is 0 Å². The van der Waals surface area contributed by atoms with Crippen LogP contribution in [0.2, 0.25) is 0 Å². The molecule has 1 N–H and O–H groups in total. The summed E-state index contributed by atoms with van der Waals surface area (Å²) in [5.41, 5.74) is 5.01. The fraction of sp³-hybridized carbons (Fsp3) is 0.312. The highest BCUT2D eigenvalue weighted by atomic mass is 32.1. The van der Waals surface area contributed by atoms with Gasteiger partial charge in [0, 0.05) is 20.5 Å². The lowest BCUT2D eigenvalue weighted by atomic mass is 10.1. The topological polar surface area (TPSA) is 62.3 Å². The molecule has 1 heterocycles.